The van der Waals surface area contributed by atoms with Gasteiger partial charge in [-0.05, 0) is 106 Å². The summed E-state index contributed by atoms with van der Waals surface area (Å²) in [6, 6.07) is 10.0. The number of hydrogen-bond acceptors (Lipinski definition) is 9. The number of carbonyl (C=O) groups excluding carboxylic acids is 2. The Morgan fingerprint density at radius 1 is 0.950 bits per heavy atom. The van der Waals surface area contributed by atoms with Crippen LogP contribution in [0.4, 0.5) is 11.4 Å². The number of likely N-dealkylation sites (tertiary alicyclic amines) is 1. The molecule has 2 saturated heterocycles. The predicted octanol–water partition coefficient (Wildman–Crippen LogP) is 4.35. The minimum Gasteiger partial charge on any atom is -0.388 e. The minimum atomic E-state index is 0.502. The van der Waals surface area contributed by atoms with E-state index in [1.807, 2.05) is 38.4 Å². The first-order chi connectivity index (χ1) is 19.4. The lowest BCUT2D eigenvalue weighted by molar-refractivity contribution is -0.109. The topological polar surface area (TPSA) is 71.5 Å². The molecule has 1 aromatic carbocycles. The molecule has 0 unspecified atom stereocenters. The molecule has 0 amide bonds. The molecular formula is C31H46N6O2S. The van der Waals surface area contributed by atoms with Crippen molar-refractivity contribution in [2.75, 3.05) is 84.3 Å². The van der Waals surface area contributed by atoms with E-state index in [2.05, 4.69) is 56.7 Å². The maximum atomic E-state index is 11.5. The number of piperidine rings is 1. The van der Waals surface area contributed by atoms with Crippen molar-refractivity contribution in [3.63, 3.8) is 0 Å². The van der Waals surface area contributed by atoms with Crippen LogP contribution in [0.3, 0.4) is 0 Å². The van der Waals surface area contributed by atoms with Crippen molar-refractivity contribution < 1.29 is 9.59 Å². The predicted molar refractivity (Wildman–Crippen MR) is 170 cm³/mol. The fraction of sp³-hybridized carbons (Fsp3) is 0.516. The van der Waals surface area contributed by atoms with Gasteiger partial charge in [0.15, 0.2) is 6.29 Å². The third-order valence-electron chi connectivity index (χ3n) is 7.47. The second kappa shape index (κ2) is 17.1. The number of piperazine rings is 1. The molecule has 2 aromatic rings. The van der Waals surface area contributed by atoms with Crippen molar-refractivity contribution in [3.05, 3.63) is 51.7 Å². The molecule has 0 atom stereocenters. The largest absolute Gasteiger partial charge is 0.388 e. The van der Waals surface area contributed by atoms with Gasteiger partial charge in [0.25, 0.3) is 0 Å². The first kappa shape index (κ1) is 31.7. The molecule has 0 spiro atoms. The van der Waals surface area contributed by atoms with E-state index in [1.165, 1.54) is 55.9 Å². The van der Waals surface area contributed by atoms with Gasteiger partial charge in [-0.2, -0.15) is 5.10 Å². The van der Waals surface area contributed by atoms with Crippen molar-refractivity contribution in [1.29, 1.82) is 0 Å². The maximum absolute atomic E-state index is 11.5. The molecule has 2 aliphatic heterocycles. The number of anilines is 2. The average Bonchev–Trinajstić information content (AvgIpc) is 3.47. The summed E-state index contributed by atoms with van der Waals surface area (Å²) in [5.41, 5.74) is 4.70. The van der Waals surface area contributed by atoms with Crippen molar-refractivity contribution in [2.24, 2.45) is 5.10 Å². The van der Waals surface area contributed by atoms with Crippen LogP contribution in [0, 0.1) is 0 Å². The highest BCUT2D eigenvalue weighted by Crippen LogP contribution is 2.29. The summed E-state index contributed by atoms with van der Waals surface area (Å²) in [6.07, 6.45) is 9.65. The Kier molecular flexibility index (Phi) is 13.5. The van der Waals surface area contributed by atoms with E-state index in [4.69, 9.17) is 0 Å². The minimum absolute atomic E-state index is 0.502. The number of rotatable bonds is 7. The van der Waals surface area contributed by atoms with Crippen molar-refractivity contribution in [2.45, 2.75) is 32.1 Å². The Labute approximate surface area is 244 Å². The summed E-state index contributed by atoms with van der Waals surface area (Å²) in [7, 11) is 8.09. The van der Waals surface area contributed by atoms with Crippen LogP contribution in [-0.4, -0.2) is 107 Å². The zero-order valence-electron chi connectivity index (χ0n) is 24.6. The summed E-state index contributed by atoms with van der Waals surface area (Å²) < 4.78 is 0. The molecule has 0 radical (unpaired) electrons. The van der Waals surface area contributed by atoms with Crippen LogP contribution in [0.15, 0.2) is 46.4 Å². The molecule has 2 fully saturated rings. The van der Waals surface area contributed by atoms with Gasteiger partial charge >= 0.3 is 0 Å². The second-order valence-corrected chi connectivity index (χ2v) is 11.5. The van der Waals surface area contributed by atoms with Crippen molar-refractivity contribution in [1.82, 2.24) is 14.7 Å². The zero-order chi connectivity index (χ0) is 28.7. The third-order valence-corrected chi connectivity index (χ3v) is 8.46. The number of thiophene rings is 1. The van der Waals surface area contributed by atoms with E-state index < -0.39 is 0 Å². The van der Waals surface area contributed by atoms with Gasteiger partial charge in [-0.1, -0.05) is 6.42 Å². The van der Waals surface area contributed by atoms with Crippen LogP contribution in [0.2, 0.25) is 0 Å². The summed E-state index contributed by atoms with van der Waals surface area (Å²) in [6.45, 7) is 7.82. The van der Waals surface area contributed by atoms with Gasteiger partial charge in [-0.25, -0.2) is 0 Å². The lowest BCUT2D eigenvalue weighted by Crippen LogP contribution is -2.42. The summed E-state index contributed by atoms with van der Waals surface area (Å²) >= 11 is 1.77. The Hall–Kier alpha value is -2.85. The van der Waals surface area contributed by atoms with E-state index in [0.29, 0.717) is 12.3 Å². The van der Waals surface area contributed by atoms with Crippen LogP contribution in [0.25, 0.3) is 6.08 Å². The highest BCUT2D eigenvalue weighted by Gasteiger charge is 2.16. The van der Waals surface area contributed by atoms with E-state index in [1.54, 1.807) is 16.3 Å². The molecule has 1 aromatic heterocycles. The number of carbonyl (C=O) groups is 2. The monoisotopic (exact) mass is 566 g/mol. The molecule has 8 nitrogen and oxygen atoms in total. The number of hydrazone groups is 1. The van der Waals surface area contributed by atoms with E-state index in [-0.39, 0.29) is 0 Å². The number of allylic oxidation sites excluding steroid dienone is 1. The number of likely N-dealkylation sites (N-methyl/N-ethyl adjacent to an activating group) is 2. The Bertz CT molecular complexity index is 1090. The zero-order valence-corrected chi connectivity index (χ0v) is 25.5. The van der Waals surface area contributed by atoms with Crippen LogP contribution in [-0.2, 0) is 16.0 Å². The molecule has 0 saturated carbocycles. The fourth-order valence-corrected chi connectivity index (χ4v) is 5.63. The fourth-order valence-electron chi connectivity index (χ4n) is 4.77. The average molecular weight is 567 g/mol. The van der Waals surface area contributed by atoms with Crippen LogP contribution in [0.1, 0.15) is 36.1 Å². The Balaban J connectivity index is 0.000000211. The first-order valence-electron chi connectivity index (χ1n) is 14.3. The summed E-state index contributed by atoms with van der Waals surface area (Å²) in [4.78, 5) is 29.9. The number of nitrogens with zero attached hydrogens (tertiary/aromatic N) is 5. The molecule has 1 aliphatic carbocycles. The molecule has 1 N–H and O–H groups in total. The van der Waals surface area contributed by atoms with E-state index in [0.717, 1.165) is 55.5 Å². The van der Waals surface area contributed by atoms with Crippen LogP contribution >= 0.6 is 11.3 Å². The molecule has 3 heterocycles. The standard InChI is InChI=1S/C18H19N3OS.C7H13NO.C6H14N2/c1-19-15-4-6-16(7-5-15)21(2)20-17(12-22)13-3-8-18-14(11-13)9-10-23-18;9-7-6-8-4-2-1-3-5-8;1-7-3-5-8(2)6-4-7/h4-7,9-12,19H,3,8H2,1-2H3;7H,1-6H2;3-6H2,1-2H3/b20-17-;;. The number of aldehydes is 2. The number of benzene rings is 1. The van der Waals surface area contributed by atoms with E-state index >= 15 is 0 Å². The number of hydrogen-bond donors (Lipinski definition) is 1. The Morgan fingerprint density at radius 3 is 2.17 bits per heavy atom. The second-order valence-electron chi connectivity index (χ2n) is 10.5. The normalized spacial score (nSPS) is 18.2. The van der Waals surface area contributed by atoms with Crippen molar-refractivity contribution in [3.8, 4) is 0 Å². The molecular weight excluding hydrogens is 520 g/mol. The summed E-state index contributed by atoms with van der Waals surface area (Å²) in [5, 5.41) is 11.4. The molecule has 9 heteroatoms. The summed E-state index contributed by atoms with van der Waals surface area (Å²) in [5.74, 6) is 0. The molecule has 218 valence electrons. The van der Waals surface area contributed by atoms with Crippen LogP contribution in [0.5, 0.6) is 0 Å². The lowest BCUT2D eigenvalue weighted by atomic mass is 9.96. The highest BCUT2D eigenvalue weighted by molar-refractivity contribution is 7.10. The Morgan fingerprint density at radius 2 is 1.60 bits per heavy atom. The van der Waals surface area contributed by atoms with E-state index in [9.17, 15) is 9.59 Å². The number of fused-ring (bicyclic) bond motifs is 1. The van der Waals surface area contributed by atoms with Gasteiger partial charge in [-0.3, -0.25) is 14.7 Å². The number of nitrogens with one attached hydrogen (secondary N) is 1. The molecule has 5 rings (SSSR count). The van der Waals surface area contributed by atoms with Gasteiger partial charge in [0, 0.05) is 50.8 Å². The van der Waals surface area contributed by atoms with Gasteiger partial charge in [-0.15, -0.1) is 11.3 Å². The van der Waals surface area contributed by atoms with Crippen LogP contribution < -0.4 is 10.3 Å². The SMILES string of the molecule is CN1CCN(C)CC1.CNc1ccc(N(C)/N=C(/C=O)C2=Cc3ccsc3CC2)cc1.O=CCN1CCCCC1. The molecule has 3 aliphatic rings. The smallest absolute Gasteiger partial charge is 0.170 e. The van der Waals surface area contributed by atoms with Gasteiger partial charge in [0.05, 0.1) is 12.2 Å². The highest BCUT2D eigenvalue weighted by atomic mass is 32.1. The van der Waals surface area contributed by atoms with Gasteiger partial charge < -0.3 is 19.9 Å². The third kappa shape index (κ3) is 10.3. The van der Waals surface area contributed by atoms with Crippen molar-refractivity contribution >= 4 is 47.1 Å². The maximum Gasteiger partial charge on any atom is 0.170 e. The quantitative estimate of drug-likeness (QED) is 0.304. The lowest BCUT2D eigenvalue weighted by Gasteiger charge is -2.28. The molecule has 40 heavy (non-hydrogen) atoms. The number of aryl methyl sites for hydroxylation is 1. The van der Waals surface area contributed by atoms with Gasteiger partial charge in [0.2, 0.25) is 0 Å². The van der Waals surface area contributed by atoms with Gasteiger partial charge in [0.1, 0.15) is 12.0 Å². The molecule has 0 bridgehead atoms. The first-order valence-corrected chi connectivity index (χ1v) is 15.2.